The maximum atomic E-state index is 13.6. The first kappa shape index (κ1) is 22.3. The summed E-state index contributed by atoms with van der Waals surface area (Å²) in [7, 11) is 0. The Bertz CT molecular complexity index is 1460. The van der Waals surface area contributed by atoms with E-state index in [9.17, 15) is 10.1 Å². The van der Waals surface area contributed by atoms with Crippen molar-refractivity contribution in [1.29, 1.82) is 5.26 Å². The van der Waals surface area contributed by atoms with Gasteiger partial charge in [0.05, 0.1) is 22.3 Å². The lowest BCUT2D eigenvalue weighted by atomic mass is 9.81. The van der Waals surface area contributed by atoms with Gasteiger partial charge in [0.2, 0.25) is 0 Å². The van der Waals surface area contributed by atoms with Crippen LogP contribution in [0.2, 0.25) is 0 Å². The van der Waals surface area contributed by atoms with E-state index in [0.717, 1.165) is 39.0 Å². The number of aromatic nitrogens is 1. The molecule has 170 valence electrons. The number of nitrogens with zero attached hydrogens (tertiary/aromatic N) is 2. The number of hydrogen-bond donors (Lipinski definition) is 2. The summed E-state index contributed by atoms with van der Waals surface area (Å²) >= 11 is 1.49. The highest BCUT2D eigenvalue weighted by atomic mass is 32.1. The van der Waals surface area contributed by atoms with Crippen LogP contribution in [0.5, 0.6) is 0 Å². The van der Waals surface area contributed by atoms with Crippen molar-refractivity contribution < 1.29 is 4.79 Å². The molecule has 1 aliphatic heterocycles. The van der Waals surface area contributed by atoms with Crippen LogP contribution in [0.25, 0.3) is 22.2 Å². The molecule has 2 aromatic carbocycles. The molecule has 6 heteroatoms. The number of amides is 1. The Kier molecular flexibility index (Phi) is 5.27. The molecule has 5 nitrogen and oxygen atoms in total. The van der Waals surface area contributed by atoms with E-state index in [1.165, 1.54) is 11.3 Å². The molecule has 1 amide bonds. The lowest BCUT2D eigenvalue weighted by Crippen LogP contribution is -2.54. The normalized spacial score (nSPS) is 16.0. The van der Waals surface area contributed by atoms with E-state index in [0.29, 0.717) is 16.1 Å². The second kappa shape index (κ2) is 8.05. The Hall–Kier alpha value is -3.53. The minimum atomic E-state index is -0.291. The van der Waals surface area contributed by atoms with Gasteiger partial charge in [0.1, 0.15) is 11.1 Å². The van der Waals surface area contributed by atoms with Gasteiger partial charge in [0.15, 0.2) is 0 Å². The molecule has 0 atom stereocenters. The second-order valence-electron chi connectivity index (χ2n) is 9.93. The molecule has 34 heavy (non-hydrogen) atoms. The Labute approximate surface area is 203 Å². The highest BCUT2D eigenvalue weighted by Crippen LogP contribution is 2.45. The molecule has 3 heterocycles. The zero-order chi connectivity index (χ0) is 24.1. The third-order valence-electron chi connectivity index (χ3n) is 6.21. The van der Waals surface area contributed by atoms with Crippen LogP contribution in [0.4, 0.5) is 5.00 Å². The minimum Gasteiger partial charge on any atom is -0.312 e. The van der Waals surface area contributed by atoms with E-state index < -0.39 is 0 Å². The van der Waals surface area contributed by atoms with Crippen molar-refractivity contribution in [3.63, 3.8) is 0 Å². The lowest BCUT2D eigenvalue weighted by Gasteiger charge is -2.42. The Morgan fingerprint density at radius 2 is 1.79 bits per heavy atom. The molecule has 0 spiro atoms. The molecule has 0 aliphatic carbocycles. The molecule has 0 radical (unpaired) electrons. The Balaban J connectivity index is 1.60. The average molecular weight is 467 g/mol. The summed E-state index contributed by atoms with van der Waals surface area (Å²) in [6.45, 7) is 8.53. The van der Waals surface area contributed by atoms with Gasteiger partial charge in [-0.3, -0.25) is 4.79 Å². The molecule has 5 rings (SSSR count). The summed E-state index contributed by atoms with van der Waals surface area (Å²) in [5.41, 5.74) is 4.14. The standard InChI is InChI=1S/C28H26N4OS/c1-27(2)15-20-21(16-29)26(34-24(20)28(3,4)32-27)31-25(33)19-14-23(17-10-6-5-7-11-17)30-22-13-9-8-12-18(19)22/h5-14,32H,15H2,1-4H3,(H,31,33). The van der Waals surface area contributed by atoms with E-state index in [2.05, 4.69) is 44.4 Å². The summed E-state index contributed by atoms with van der Waals surface area (Å²) in [6, 6.07) is 21.7. The first-order valence-corrected chi connectivity index (χ1v) is 12.1. The smallest absolute Gasteiger partial charge is 0.257 e. The highest BCUT2D eigenvalue weighted by Gasteiger charge is 2.40. The minimum absolute atomic E-state index is 0.143. The summed E-state index contributed by atoms with van der Waals surface area (Å²) < 4.78 is 0. The predicted octanol–water partition coefficient (Wildman–Crippen LogP) is 6.25. The number of anilines is 1. The molecule has 0 unspecified atom stereocenters. The molecule has 4 aromatic rings. The first-order chi connectivity index (χ1) is 16.2. The number of para-hydroxylation sites is 1. The van der Waals surface area contributed by atoms with Gasteiger partial charge < -0.3 is 10.6 Å². The fraction of sp³-hybridized carbons (Fsp3) is 0.250. The van der Waals surface area contributed by atoms with Crippen LogP contribution in [0, 0.1) is 11.3 Å². The fourth-order valence-electron chi connectivity index (χ4n) is 5.02. The molecule has 2 N–H and O–H groups in total. The van der Waals surface area contributed by atoms with Crippen molar-refractivity contribution in [1.82, 2.24) is 10.3 Å². The van der Waals surface area contributed by atoms with Crippen LogP contribution < -0.4 is 10.6 Å². The summed E-state index contributed by atoms with van der Waals surface area (Å²) in [4.78, 5) is 19.5. The maximum Gasteiger partial charge on any atom is 0.257 e. The van der Waals surface area contributed by atoms with Gasteiger partial charge in [-0.05, 0) is 51.8 Å². The summed E-state index contributed by atoms with van der Waals surface area (Å²) in [6.07, 6.45) is 0.734. The Morgan fingerprint density at radius 1 is 1.09 bits per heavy atom. The van der Waals surface area contributed by atoms with E-state index in [1.54, 1.807) is 0 Å². The van der Waals surface area contributed by atoms with Crippen LogP contribution in [0.1, 0.15) is 54.1 Å². The molecule has 0 bridgehead atoms. The lowest BCUT2D eigenvalue weighted by molar-refractivity contribution is 0.102. The van der Waals surface area contributed by atoms with E-state index in [4.69, 9.17) is 4.98 Å². The van der Waals surface area contributed by atoms with Gasteiger partial charge in [-0.15, -0.1) is 11.3 Å². The van der Waals surface area contributed by atoms with Crippen LogP contribution in [0.3, 0.4) is 0 Å². The average Bonchev–Trinajstić information content (AvgIpc) is 3.15. The molecule has 0 saturated carbocycles. The van der Waals surface area contributed by atoms with Gasteiger partial charge in [0.25, 0.3) is 5.91 Å². The monoisotopic (exact) mass is 466 g/mol. The van der Waals surface area contributed by atoms with E-state index >= 15 is 0 Å². The van der Waals surface area contributed by atoms with Crippen LogP contribution in [0.15, 0.2) is 60.7 Å². The van der Waals surface area contributed by atoms with Gasteiger partial charge >= 0.3 is 0 Å². The quantitative estimate of drug-likeness (QED) is 0.374. The number of fused-ring (bicyclic) bond motifs is 2. The van der Waals surface area contributed by atoms with Crippen LogP contribution >= 0.6 is 11.3 Å². The van der Waals surface area contributed by atoms with Crippen molar-refractivity contribution >= 4 is 33.1 Å². The summed E-state index contributed by atoms with van der Waals surface area (Å²) in [5.74, 6) is -0.240. The van der Waals surface area contributed by atoms with Crippen molar-refractivity contribution in [2.45, 2.75) is 45.2 Å². The molecule has 1 aliphatic rings. The number of rotatable bonds is 3. The zero-order valence-corrected chi connectivity index (χ0v) is 20.5. The van der Waals surface area contributed by atoms with E-state index in [1.807, 2.05) is 60.7 Å². The number of nitriles is 1. The molecule has 0 fully saturated rings. The number of thiophene rings is 1. The number of carbonyl (C=O) groups is 1. The fourth-order valence-corrected chi connectivity index (χ4v) is 6.25. The second-order valence-corrected chi connectivity index (χ2v) is 10.9. The van der Waals surface area contributed by atoms with Crippen LogP contribution in [-0.2, 0) is 12.0 Å². The topological polar surface area (TPSA) is 77.8 Å². The summed E-state index contributed by atoms with van der Waals surface area (Å²) in [5, 5.41) is 18.2. The number of carbonyl (C=O) groups excluding carboxylic acids is 1. The largest absolute Gasteiger partial charge is 0.312 e. The third-order valence-corrected chi connectivity index (χ3v) is 7.68. The van der Waals surface area contributed by atoms with Crippen molar-refractivity contribution in [3.05, 3.63) is 82.2 Å². The number of benzene rings is 2. The van der Waals surface area contributed by atoms with E-state index in [-0.39, 0.29) is 17.0 Å². The van der Waals surface area contributed by atoms with Crippen molar-refractivity contribution in [2.75, 3.05) is 5.32 Å². The Morgan fingerprint density at radius 3 is 2.53 bits per heavy atom. The number of hydrogen-bond acceptors (Lipinski definition) is 5. The van der Waals surface area contributed by atoms with Gasteiger partial charge in [-0.1, -0.05) is 48.5 Å². The molecular weight excluding hydrogens is 440 g/mol. The number of pyridine rings is 1. The maximum absolute atomic E-state index is 13.6. The molecular formula is C28H26N4OS. The van der Waals surface area contributed by atoms with Crippen LogP contribution in [-0.4, -0.2) is 16.4 Å². The third kappa shape index (κ3) is 3.87. The number of nitrogens with one attached hydrogen (secondary N) is 2. The van der Waals surface area contributed by atoms with Gasteiger partial charge in [-0.25, -0.2) is 4.98 Å². The zero-order valence-electron chi connectivity index (χ0n) is 19.7. The highest BCUT2D eigenvalue weighted by molar-refractivity contribution is 7.17. The van der Waals surface area contributed by atoms with Crippen molar-refractivity contribution in [2.24, 2.45) is 0 Å². The van der Waals surface area contributed by atoms with Gasteiger partial charge in [0, 0.05) is 26.9 Å². The first-order valence-electron chi connectivity index (χ1n) is 11.3. The SMILES string of the molecule is CC1(C)Cc2c(sc(NC(=O)c3cc(-c4ccccc4)nc4ccccc34)c2C#N)C(C)(C)N1. The van der Waals surface area contributed by atoms with Crippen molar-refractivity contribution in [3.8, 4) is 17.3 Å². The molecule has 0 saturated heterocycles. The molecule has 2 aromatic heterocycles. The predicted molar refractivity (Wildman–Crippen MR) is 138 cm³/mol. The van der Waals surface area contributed by atoms with Gasteiger partial charge in [-0.2, -0.15) is 5.26 Å².